The van der Waals surface area contributed by atoms with E-state index >= 15 is 0 Å². The van der Waals surface area contributed by atoms with E-state index in [0.29, 0.717) is 5.15 Å². The predicted molar refractivity (Wildman–Crippen MR) is 50.3 cm³/mol. The minimum Gasteiger partial charge on any atom is -0.265 e. The van der Waals surface area contributed by atoms with Gasteiger partial charge in [0.1, 0.15) is 5.15 Å². The molecule has 0 fully saturated rings. The first-order chi connectivity index (χ1) is 6.36. The average molecular weight is 192 g/mol. The van der Waals surface area contributed by atoms with Gasteiger partial charge < -0.3 is 0 Å². The molecule has 0 radical (unpaired) electrons. The van der Waals surface area contributed by atoms with Crippen LogP contribution in [0.2, 0.25) is 5.15 Å². The first kappa shape index (κ1) is 8.13. The van der Waals surface area contributed by atoms with Gasteiger partial charge in [-0.1, -0.05) is 11.6 Å². The second-order valence-corrected chi connectivity index (χ2v) is 2.85. The molecule has 0 aliphatic heterocycles. The second-order valence-electron chi connectivity index (χ2n) is 2.46. The van der Waals surface area contributed by atoms with Gasteiger partial charge in [-0.3, -0.25) is 9.97 Å². The molecule has 0 N–H and O–H groups in total. The van der Waals surface area contributed by atoms with Crippen LogP contribution < -0.4 is 0 Å². The Kier molecular flexibility index (Phi) is 2.19. The van der Waals surface area contributed by atoms with E-state index in [0.717, 1.165) is 11.3 Å². The van der Waals surface area contributed by atoms with Crippen LogP contribution >= 0.6 is 11.6 Å². The number of rotatable bonds is 1. The third-order valence-electron chi connectivity index (χ3n) is 1.58. The van der Waals surface area contributed by atoms with Crippen LogP contribution in [0.5, 0.6) is 0 Å². The summed E-state index contributed by atoms with van der Waals surface area (Å²) in [6.45, 7) is 0. The molecule has 0 saturated carbocycles. The minimum absolute atomic E-state index is 0.398. The largest absolute Gasteiger partial charge is 0.265 e. The number of nitrogens with zero attached hydrogens (tertiary/aromatic N) is 3. The molecular formula is C9H6ClN3. The van der Waals surface area contributed by atoms with Gasteiger partial charge in [-0.2, -0.15) is 0 Å². The average Bonchev–Trinajstić information content (AvgIpc) is 2.19. The highest BCUT2D eigenvalue weighted by atomic mass is 35.5. The van der Waals surface area contributed by atoms with Crippen molar-refractivity contribution in [3.05, 3.63) is 42.1 Å². The maximum Gasteiger partial charge on any atom is 0.148 e. The van der Waals surface area contributed by atoms with Gasteiger partial charge in [-0.25, -0.2) is 4.98 Å². The Morgan fingerprint density at radius 2 is 1.77 bits per heavy atom. The van der Waals surface area contributed by atoms with E-state index in [-0.39, 0.29) is 0 Å². The van der Waals surface area contributed by atoms with Crippen molar-refractivity contribution in [1.29, 1.82) is 0 Å². The molecule has 13 heavy (non-hydrogen) atoms. The Morgan fingerprint density at radius 3 is 2.46 bits per heavy atom. The van der Waals surface area contributed by atoms with Crippen LogP contribution in [-0.2, 0) is 0 Å². The van der Waals surface area contributed by atoms with Gasteiger partial charge in [0.15, 0.2) is 0 Å². The Balaban J connectivity index is 2.48. The standard InChI is InChI=1S/C9H6ClN3/c10-9-6-12-5-8(13-9)7-1-3-11-4-2-7/h1-6H. The number of halogens is 1. The summed E-state index contributed by atoms with van der Waals surface area (Å²) in [5.74, 6) is 0. The fourth-order valence-electron chi connectivity index (χ4n) is 1.00. The summed E-state index contributed by atoms with van der Waals surface area (Å²) in [5, 5.41) is 0.398. The van der Waals surface area contributed by atoms with E-state index in [2.05, 4.69) is 15.0 Å². The lowest BCUT2D eigenvalue weighted by molar-refractivity contribution is 1.20. The van der Waals surface area contributed by atoms with Gasteiger partial charge >= 0.3 is 0 Å². The molecule has 0 spiro atoms. The van der Waals surface area contributed by atoms with Crippen LogP contribution in [0.4, 0.5) is 0 Å². The van der Waals surface area contributed by atoms with Gasteiger partial charge in [-0.05, 0) is 12.1 Å². The molecule has 0 bridgehead atoms. The normalized spacial score (nSPS) is 9.92. The van der Waals surface area contributed by atoms with Crippen molar-refractivity contribution in [2.24, 2.45) is 0 Å². The molecule has 0 amide bonds. The van der Waals surface area contributed by atoms with Crippen molar-refractivity contribution >= 4 is 11.6 Å². The molecule has 0 atom stereocenters. The molecular weight excluding hydrogens is 186 g/mol. The van der Waals surface area contributed by atoms with Crippen LogP contribution in [-0.4, -0.2) is 15.0 Å². The highest BCUT2D eigenvalue weighted by Crippen LogP contribution is 2.15. The first-order valence-electron chi connectivity index (χ1n) is 3.74. The minimum atomic E-state index is 0.398. The van der Waals surface area contributed by atoms with E-state index in [1.54, 1.807) is 18.6 Å². The van der Waals surface area contributed by atoms with E-state index in [1.807, 2.05) is 12.1 Å². The van der Waals surface area contributed by atoms with Crippen molar-refractivity contribution in [3.8, 4) is 11.3 Å². The van der Waals surface area contributed by atoms with Crippen molar-refractivity contribution < 1.29 is 0 Å². The number of hydrogen-bond donors (Lipinski definition) is 0. The molecule has 64 valence electrons. The summed E-state index contributed by atoms with van der Waals surface area (Å²) >= 11 is 5.71. The Bertz CT molecular complexity index is 403. The maximum atomic E-state index is 5.71. The van der Waals surface area contributed by atoms with Crippen molar-refractivity contribution in [3.63, 3.8) is 0 Å². The molecule has 2 aromatic heterocycles. The molecule has 4 heteroatoms. The van der Waals surface area contributed by atoms with Crippen molar-refractivity contribution in [1.82, 2.24) is 15.0 Å². The quantitative estimate of drug-likeness (QED) is 0.694. The number of aromatic nitrogens is 3. The highest BCUT2D eigenvalue weighted by molar-refractivity contribution is 6.29. The lowest BCUT2D eigenvalue weighted by atomic mass is 10.2. The Hall–Kier alpha value is -1.48. The zero-order chi connectivity index (χ0) is 9.10. The maximum absolute atomic E-state index is 5.71. The molecule has 2 heterocycles. The van der Waals surface area contributed by atoms with Gasteiger partial charge in [0, 0.05) is 18.0 Å². The zero-order valence-electron chi connectivity index (χ0n) is 6.68. The summed E-state index contributed by atoms with van der Waals surface area (Å²) in [6, 6.07) is 3.72. The fraction of sp³-hybridized carbons (Fsp3) is 0. The molecule has 0 saturated heterocycles. The molecule has 0 aliphatic carbocycles. The number of pyridine rings is 1. The van der Waals surface area contributed by atoms with Crippen LogP contribution in [0, 0.1) is 0 Å². The van der Waals surface area contributed by atoms with E-state index < -0.39 is 0 Å². The lowest BCUT2D eigenvalue weighted by Crippen LogP contribution is -1.85. The molecule has 0 aliphatic rings. The van der Waals surface area contributed by atoms with Gasteiger partial charge in [0.05, 0.1) is 18.1 Å². The van der Waals surface area contributed by atoms with E-state index in [1.165, 1.54) is 6.20 Å². The van der Waals surface area contributed by atoms with E-state index in [9.17, 15) is 0 Å². The summed E-state index contributed by atoms with van der Waals surface area (Å²) < 4.78 is 0. The number of hydrogen-bond acceptors (Lipinski definition) is 3. The molecule has 3 nitrogen and oxygen atoms in total. The fourth-order valence-corrected chi connectivity index (χ4v) is 1.15. The lowest BCUT2D eigenvalue weighted by Gasteiger charge is -1.98. The predicted octanol–water partition coefficient (Wildman–Crippen LogP) is 2.19. The third-order valence-corrected chi connectivity index (χ3v) is 1.76. The van der Waals surface area contributed by atoms with Crippen LogP contribution in [0.15, 0.2) is 36.9 Å². The summed E-state index contributed by atoms with van der Waals surface area (Å²) in [7, 11) is 0. The Labute approximate surface area is 80.5 Å². The van der Waals surface area contributed by atoms with Crippen LogP contribution in [0.1, 0.15) is 0 Å². The van der Waals surface area contributed by atoms with Gasteiger partial charge in [0.25, 0.3) is 0 Å². The smallest absolute Gasteiger partial charge is 0.148 e. The monoisotopic (exact) mass is 191 g/mol. The molecule has 0 unspecified atom stereocenters. The molecule has 2 aromatic rings. The first-order valence-corrected chi connectivity index (χ1v) is 4.12. The summed E-state index contributed by atoms with van der Waals surface area (Å²) in [4.78, 5) is 12.0. The molecule has 0 aromatic carbocycles. The Morgan fingerprint density at radius 1 is 1.00 bits per heavy atom. The van der Waals surface area contributed by atoms with Gasteiger partial charge in [-0.15, -0.1) is 0 Å². The van der Waals surface area contributed by atoms with Crippen molar-refractivity contribution in [2.45, 2.75) is 0 Å². The zero-order valence-corrected chi connectivity index (χ0v) is 7.44. The van der Waals surface area contributed by atoms with E-state index in [4.69, 9.17) is 11.6 Å². The summed E-state index contributed by atoms with van der Waals surface area (Å²) in [5.41, 5.74) is 1.72. The van der Waals surface area contributed by atoms with Crippen LogP contribution in [0.25, 0.3) is 11.3 Å². The SMILES string of the molecule is Clc1cncc(-c2ccncc2)n1. The highest BCUT2D eigenvalue weighted by Gasteiger charge is 1.98. The summed E-state index contributed by atoms with van der Waals surface area (Å²) in [6.07, 6.45) is 6.59. The second kappa shape index (κ2) is 3.49. The third kappa shape index (κ3) is 1.81. The van der Waals surface area contributed by atoms with Gasteiger partial charge in [0.2, 0.25) is 0 Å². The molecule has 2 rings (SSSR count). The van der Waals surface area contributed by atoms with Crippen molar-refractivity contribution in [2.75, 3.05) is 0 Å². The topological polar surface area (TPSA) is 38.7 Å². The van der Waals surface area contributed by atoms with Crippen LogP contribution in [0.3, 0.4) is 0 Å².